The summed E-state index contributed by atoms with van der Waals surface area (Å²) < 4.78 is 18.1. The summed E-state index contributed by atoms with van der Waals surface area (Å²) in [6.45, 7) is 2.92. The third kappa shape index (κ3) is 4.56. The number of rotatable bonds is 7. The van der Waals surface area contributed by atoms with Crippen LogP contribution >= 0.6 is 11.6 Å². The number of ether oxygens (including phenoxy) is 1. The van der Waals surface area contributed by atoms with E-state index in [4.69, 9.17) is 16.3 Å². The molecule has 0 heterocycles. The maximum absolute atomic E-state index is 13.0. The van der Waals surface area contributed by atoms with Crippen molar-refractivity contribution in [2.24, 2.45) is 5.92 Å². The van der Waals surface area contributed by atoms with Gasteiger partial charge in [-0.15, -0.1) is 0 Å². The quantitative estimate of drug-likeness (QED) is 0.823. The maximum atomic E-state index is 13.0. The standard InChI is InChI=1S/C14H21ClFNO/c1-10(6-7-18-3)14(17-2)8-11-4-5-12(16)9-13(11)15/h4-5,9-10,14,17H,6-8H2,1-3H3. The molecule has 0 saturated heterocycles. The van der Waals surface area contributed by atoms with Crippen LogP contribution in [0.4, 0.5) is 4.39 Å². The predicted molar refractivity (Wildman–Crippen MR) is 73.6 cm³/mol. The largest absolute Gasteiger partial charge is 0.385 e. The number of halogens is 2. The van der Waals surface area contributed by atoms with E-state index in [1.165, 1.54) is 12.1 Å². The highest BCUT2D eigenvalue weighted by molar-refractivity contribution is 6.31. The van der Waals surface area contributed by atoms with Gasteiger partial charge in [0.05, 0.1) is 0 Å². The van der Waals surface area contributed by atoms with Gasteiger partial charge in [-0.05, 0) is 43.5 Å². The van der Waals surface area contributed by atoms with Crippen molar-refractivity contribution in [3.05, 3.63) is 34.6 Å². The van der Waals surface area contributed by atoms with Crippen LogP contribution in [0.25, 0.3) is 0 Å². The lowest BCUT2D eigenvalue weighted by Crippen LogP contribution is -2.34. The Kier molecular flexibility index (Phi) is 6.61. The number of hydrogen-bond acceptors (Lipinski definition) is 2. The van der Waals surface area contributed by atoms with Crippen molar-refractivity contribution in [1.82, 2.24) is 5.32 Å². The SMILES string of the molecule is CNC(Cc1ccc(F)cc1Cl)C(C)CCOC. The van der Waals surface area contributed by atoms with Gasteiger partial charge in [-0.2, -0.15) is 0 Å². The zero-order valence-corrected chi connectivity index (χ0v) is 11.9. The molecule has 0 bridgehead atoms. The Balaban J connectivity index is 2.67. The fourth-order valence-corrected chi connectivity index (χ4v) is 2.26. The summed E-state index contributed by atoms with van der Waals surface area (Å²) in [5, 5.41) is 3.79. The number of benzene rings is 1. The van der Waals surface area contributed by atoms with Gasteiger partial charge in [-0.1, -0.05) is 24.6 Å². The summed E-state index contributed by atoms with van der Waals surface area (Å²) in [6, 6.07) is 4.88. The monoisotopic (exact) mass is 273 g/mol. The van der Waals surface area contributed by atoms with E-state index >= 15 is 0 Å². The van der Waals surface area contributed by atoms with E-state index in [9.17, 15) is 4.39 Å². The van der Waals surface area contributed by atoms with E-state index < -0.39 is 0 Å². The molecule has 0 amide bonds. The van der Waals surface area contributed by atoms with Gasteiger partial charge in [0.25, 0.3) is 0 Å². The first kappa shape index (κ1) is 15.4. The van der Waals surface area contributed by atoms with Gasteiger partial charge < -0.3 is 10.1 Å². The second-order valence-corrected chi connectivity index (χ2v) is 5.00. The van der Waals surface area contributed by atoms with Gasteiger partial charge in [0.1, 0.15) is 5.82 Å². The molecule has 0 aliphatic carbocycles. The lowest BCUT2D eigenvalue weighted by Gasteiger charge is -2.24. The molecule has 102 valence electrons. The van der Waals surface area contributed by atoms with Crippen LogP contribution in [0.15, 0.2) is 18.2 Å². The smallest absolute Gasteiger partial charge is 0.124 e. The zero-order chi connectivity index (χ0) is 13.5. The van der Waals surface area contributed by atoms with Crippen LogP contribution in [0.2, 0.25) is 5.02 Å². The third-order valence-electron chi connectivity index (χ3n) is 3.29. The van der Waals surface area contributed by atoms with E-state index in [0.29, 0.717) is 17.0 Å². The third-order valence-corrected chi connectivity index (χ3v) is 3.64. The summed E-state index contributed by atoms with van der Waals surface area (Å²) in [7, 11) is 3.64. The van der Waals surface area contributed by atoms with Crippen molar-refractivity contribution in [2.75, 3.05) is 20.8 Å². The first-order chi connectivity index (χ1) is 8.58. The summed E-state index contributed by atoms with van der Waals surface area (Å²) >= 11 is 6.05. The van der Waals surface area contributed by atoms with Crippen molar-refractivity contribution in [1.29, 1.82) is 0 Å². The Bertz CT molecular complexity index is 373. The van der Waals surface area contributed by atoms with Crippen molar-refractivity contribution < 1.29 is 9.13 Å². The Morgan fingerprint density at radius 1 is 1.44 bits per heavy atom. The van der Waals surface area contributed by atoms with E-state index in [1.807, 2.05) is 7.05 Å². The van der Waals surface area contributed by atoms with Crippen LogP contribution in [-0.2, 0) is 11.2 Å². The average molecular weight is 274 g/mol. The molecule has 0 spiro atoms. The van der Waals surface area contributed by atoms with Gasteiger partial charge in [-0.25, -0.2) is 4.39 Å². The normalized spacial score (nSPS) is 14.5. The van der Waals surface area contributed by atoms with E-state index in [2.05, 4.69) is 12.2 Å². The second kappa shape index (κ2) is 7.72. The van der Waals surface area contributed by atoms with Crippen molar-refractivity contribution in [2.45, 2.75) is 25.8 Å². The first-order valence-electron chi connectivity index (χ1n) is 6.18. The Morgan fingerprint density at radius 2 is 2.17 bits per heavy atom. The van der Waals surface area contributed by atoms with Crippen molar-refractivity contribution in [3.8, 4) is 0 Å². The van der Waals surface area contributed by atoms with Crippen LogP contribution in [-0.4, -0.2) is 26.8 Å². The first-order valence-corrected chi connectivity index (χ1v) is 6.56. The number of nitrogens with one attached hydrogen (secondary N) is 1. The molecule has 18 heavy (non-hydrogen) atoms. The van der Waals surface area contributed by atoms with Crippen LogP contribution < -0.4 is 5.32 Å². The zero-order valence-electron chi connectivity index (χ0n) is 11.2. The fraction of sp³-hybridized carbons (Fsp3) is 0.571. The maximum Gasteiger partial charge on any atom is 0.124 e. The van der Waals surface area contributed by atoms with Crippen LogP contribution in [0, 0.1) is 11.7 Å². The molecule has 0 radical (unpaired) electrons. The summed E-state index contributed by atoms with van der Waals surface area (Å²) in [4.78, 5) is 0. The summed E-state index contributed by atoms with van der Waals surface area (Å²) in [5.74, 6) is 0.174. The van der Waals surface area contributed by atoms with Crippen LogP contribution in [0.1, 0.15) is 18.9 Å². The molecular formula is C14H21ClFNO. The lowest BCUT2D eigenvalue weighted by atomic mass is 9.93. The van der Waals surface area contributed by atoms with E-state index in [0.717, 1.165) is 25.0 Å². The Hall–Kier alpha value is -0.640. The highest BCUT2D eigenvalue weighted by atomic mass is 35.5. The highest BCUT2D eigenvalue weighted by Crippen LogP contribution is 2.21. The van der Waals surface area contributed by atoms with Crippen molar-refractivity contribution >= 4 is 11.6 Å². The fourth-order valence-electron chi connectivity index (χ4n) is 2.02. The Labute approximate surface area is 113 Å². The number of methoxy groups -OCH3 is 1. The number of likely N-dealkylation sites (N-methyl/N-ethyl adjacent to an activating group) is 1. The van der Waals surface area contributed by atoms with E-state index in [1.54, 1.807) is 13.2 Å². The highest BCUT2D eigenvalue weighted by Gasteiger charge is 2.17. The summed E-state index contributed by atoms with van der Waals surface area (Å²) in [6.07, 6.45) is 1.78. The van der Waals surface area contributed by atoms with Crippen molar-refractivity contribution in [3.63, 3.8) is 0 Å². The molecule has 0 aliphatic rings. The molecule has 4 heteroatoms. The molecule has 1 aromatic carbocycles. The minimum atomic E-state index is -0.294. The molecule has 1 N–H and O–H groups in total. The molecule has 0 aliphatic heterocycles. The van der Waals surface area contributed by atoms with Gasteiger partial charge >= 0.3 is 0 Å². The lowest BCUT2D eigenvalue weighted by molar-refractivity contribution is 0.171. The Morgan fingerprint density at radius 3 is 2.72 bits per heavy atom. The van der Waals surface area contributed by atoms with Crippen LogP contribution in [0.3, 0.4) is 0 Å². The molecule has 2 atom stereocenters. The van der Waals surface area contributed by atoms with Crippen LogP contribution in [0.5, 0.6) is 0 Å². The molecule has 0 saturated carbocycles. The minimum Gasteiger partial charge on any atom is -0.385 e. The molecule has 2 nitrogen and oxygen atoms in total. The molecule has 0 fully saturated rings. The molecular weight excluding hydrogens is 253 g/mol. The van der Waals surface area contributed by atoms with Gasteiger partial charge in [0, 0.05) is 24.8 Å². The molecule has 1 rings (SSSR count). The van der Waals surface area contributed by atoms with E-state index in [-0.39, 0.29) is 5.82 Å². The predicted octanol–water partition coefficient (Wildman–Crippen LogP) is 3.28. The minimum absolute atomic E-state index is 0.294. The molecule has 1 aromatic rings. The molecule has 2 unspecified atom stereocenters. The van der Waals surface area contributed by atoms with Gasteiger partial charge in [0.15, 0.2) is 0 Å². The van der Waals surface area contributed by atoms with Gasteiger partial charge in [-0.3, -0.25) is 0 Å². The molecule has 0 aromatic heterocycles. The average Bonchev–Trinajstić information content (AvgIpc) is 2.35. The second-order valence-electron chi connectivity index (χ2n) is 4.59. The number of hydrogen-bond donors (Lipinski definition) is 1. The topological polar surface area (TPSA) is 21.3 Å². The summed E-state index contributed by atoms with van der Waals surface area (Å²) in [5.41, 5.74) is 0.974. The van der Waals surface area contributed by atoms with Gasteiger partial charge in [0.2, 0.25) is 0 Å².